The molecule has 3 rings (SSSR count). The SMILES string of the molecule is CN(CCNC=O)CCc1cc2c(nc1C=O)N(/C=C/C(C1=CCSCC1)=C(C#N)\C=N/C=O)CCC2. The minimum atomic E-state index is 0.336. The van der Waals surface area contributed by atoms with Crippen molar-refractivity contribution in [3.05, 3.63) is 58.0 Å². The smallest absolute Gasteiger partial charge is 0.232 e. The van der Waals surface area contributed by atoms with E-state index in [0.29, 0.717) is 37.1 Å². The number of pyridine rings is 1. The van der Waals surface area contributed by atoms with E-state index >= 15 is 0 Å². The molecule has 0 fully saturated rings. The molecule has 37 heavy (non-hydrogen) atoms. The summed E-state index contributed by atoms with van der Waals surface area (Å²) in [6.07, 6.45) is 12.5. The van der Waals surface area contributed by atoms with Crippen LogP contribution in [0.5, 0.6) is 0 Å². The molecule has 2 amide bonds. The largest absolute Gasteiger partial charge is 0.357 e. The van der Waals surface area contributed by atoms with E-state index in [0.717, 1.165) is 84.8 Å². The average Bonchev–Trinajstić information content (AvgIpc) is 2.93. The minimum absolute atomic E-state index is 0.336. The third-order valence-corrected chi connectivity index (χ3v) is 7.20. The van der Waals surface area contributed by atoms with Gasteiger partial charge in [0.2, 0.25) is 12.8 Å². The van der Waals surface area contributed by atoms with Gasteiger partial charge in [-0.2, -0.15) is 17.0 Å². The molecule has 10 heteroatoms. The average molecular weight is 521 g/mol. The normalized spacial score (nSPS) is 16.2. The molecule has 1 N–H and O–H groups in total. The van der Waals surface area contributed by atoms with E-state index < -0.39 is 0 Å². The van der Waals surface area contributed by atoms with Crippen molar-refractivity contribution in [3.63, 3.8) is 0 Å². The Balaban J connectivity index is 1.86. The van der Waals surface area contributed by atoms with Crippen molar-refractivity contribution in [2.45, 2.75) is 25.7 Å². The van der Waals surface area contributed by atoms with E-state index in [1.807, 2.05) is 36.0 Å². The minimum Gasteiger partial charge on any atom is -0.357 e. The van der Waals surface area contributed by atoms with E-state index in [4.69, 9.17) is 4.98 Å². The second-order valence-corrected chi connectivity index (χ2v) is 9.90. The van der Waals surface area contributed by atoms with Crippen LogP contribution in [0.4, 0.5) is 5.82 Å². The Morgan fingerprint density at radius 1 is 1.32 bits per heavy atom. The van der Waals surface area contributed by atoms with Crippen LogP contribution in [-0.2, 0) is 22.4 Å². The predicted octanol–water partition coefficient (Wildman–Crippen LogP) is 2.49. The summed E-state index contributed by atoms with van der Waals surface area (Å²) in [4.78, 5) is 45.6. The highest BCUT2D eigenvalue weighted by molar-refractivity contribution is 7.99. The van der Waals surface area contributed by atoms with Gasteiger partial charge in [0, 0.05) is 44.3 Å². The fourth-order valence-electron chi connectivity index (χ4n) is 4.34. The second-order valence-electron chi connectivity index (χ2n) is 8.75. The van der Waals surface area contributed by atoms with Gasteiger partial charge in [0.15, 0.2) is 6.29 Å². The van der Waals surface area contributed by atoms with Gasteiger partial charge < -0.3 is 15.1 Å². The van der Waals surface area contributed by atoms with Gasteiger partial charge in [-0.3, -0.25) is 14.4 Å². The number of amides is 2. The number of aliphatic imine (C=N–C) groups is 1. The number of carbonyl (C=O) groups excluding carboxylic acids is 3. The first-order valence-electron chi connectivity index (χ1n) is 12.3. The van der Waals surface area contributed by atoms with Crippen LogP contribution in [0.25, 0.3) is 0 Å². The van der Waals surface area contributed by atoms with E-state index in [1.165, 1.54) is 6.21 Å². The molecule has 0 saturated carbocycles. The zero-order chi connectivity index (χ0) is 26.5. The Bertz CT molecular complexity index is 1150. The molecule has 1 aromatic rings. The first kappa shape index (κ1) is 28.0. The van der Waals surface area contributed by atoms with Crippen LogP contribution in [-0.4, -0.2) is 79.9 Å². The predicted molar refractivity (Wildman–Crippen MR) is 147 cm³/mol. The van der Waals surface area contributed by atoms with E-state index in [1.54, 1.807) is 0 Å². The maximum absolute atomic E-state index is 11.9. The Morgan fingerprint density at radius 3 is 2.89 bits per heavy atom. The van der Waals surface area contributed by atoms with Crippen molar-refractivity contribution in [3.8, 4) is 6.07 Å². The van der Waals surface area contributed by atoms with E-state index in [2.05, 4.69) is 33.4 Å². The number of thioether (sulfide) groups is 1. The fourth-order valence-corrected chi connectivity index (χ4v) is 5.19. The molecule has 3 heterocycles. The Labute approximate surface area is 222 Å². The zero-order valence-corrected chi connectivity index (χ0v) is 21.9. The van der Waals surface area contributed by atoms with Gasteiger partial charge in [-0.1, -0.05) is 6.08 Å². The molecule has 0 unspecified atom stereocenters. The van der Waals surface area contributed by atoms with Gasteiger partial charge in [0.05, 0.1) is 5.57 Å². The standard InChI is InChI=1S/C27H32N6O3S/c1-32(12-8-29-19-35)10-4-22-15-23-3-2-9-33(27(23)31-26(22)18-34)11-5-25(21-6-13-37-14-7-21)24(16-28)17-30-20-36/h5-6,11,15,17-20H,2-4,7-10,12-14H2,1H3,(H,29,35)/b11-5+,25-24+,30-17-. The van der Waals surface area contributed by atoms with Crippen LogP contribution in [0.2, 0.25) is 0 Å². The number of nitrogens with zero attached hydrogens (tertiary/aromatic N) is 5. The van der Waals surface area contributed by atoms with Crippen LogP contribution in [0.15, 0.2) is 46.1 Å². The molecule has 0 spiro atoms. The molecule has 1 aromatic heterocycles. The number of fused-ring (bicyclic) bond motifs is 1. The molecule has 9 nitrogen and oxygen atoms in total. The Morgan fingerprint density at radius 2 is 2.19 bits per heavy atom. The summed E-state index contributed by atoms with van der Waals surface area (Å²) in [7, 11) is 1.98. The summed E-state index contributed by atoms with van der Waals surface area (Å²) < 4.78 is 0. The third-order valence-electron chi connectivity index (χ3n) is 6.31. The fraction of sp³-hybridized carbons (Fsp3) is 0.407. The maximum Gasteiger partial charge on any atom is 0.232 e. The molecule has 194 valence electrons. The number of hydrogen-bond donors (Lipinski definition) is 1. The Hall–Kier alpha value is -3.55. The van der Waals surface area contributed by atoms with Crippen LogP contribution in [0.1, 0.15) is 34.5 Å². The lowest BCUT2D eigenvalue weighted by atomic mass is 9.97. The van der Waals surface area contributed by atoms with Gasteiger partial charge in [-0.05, 0) is 72.9 Å². The summed E-state index contributed by atoms with van der Waals surface area (Å²) in [5.41, 5.74) is 4.58. The van der Waals surface area contributed by atoms with Gasteiger partial charge in [-0.25, -0.2) is 9.98 Å². The molecule has 2 aliphatic rings. The van der Waals surface area contributed by atoms with Crippen LogP contribution in [0.3, 0.4) is 0 Å². The molecule has 0 aromatic carbocycles. The van der Waals surface area contributed by atoms with E-state index in [-0.39, 0.29) is 0 Å². The van der Waals surface area contributed by atoms with Crippen molar-refractivity contribution < 1.29 is 14.4 Å². The summed E-state index contributed by atoms with van der Waals surface area (Å²) in [6.45, 7) is 2.78. The molecule has 0 bridgehead atoms. The van der Waals surface area contributed by atoms with Crippen molar-refractivity contribution in [2.75, 3.05) is 49.6 Å². The van der Waals surface area contributed by atoms with E-state index in [9.17, 15) is 19.6 Å². The molecule has 0 radical (unpaired) electrons. The van der Waals surface area contributed by atoms with Crippen molar-refractivity contribution in [1.82, 2.24) is 15.2 Å². The maximum atomic E-state index is 11.9. The number of hydrogen-bond acceptors (Lipinski definition) is 8. The summed E-state index contributed by atoms with van der Waals surface area (Å²) in [5, 5.41) is 12.4. The molecular formula is C27H32N6O3S. The highest BCUT2D eigenvalue weighted by atomic mass is 32.2. The lowest BCUT2D eigenvalue weighted by molar-refractivity contribution is -0.109. The topological polar surface area (TPSA) is 119 Å². The first-order chi connectivity index (χ1) is 18.1. The number of aryl methyl sites for hydroxylation is 1. The number of aromatic nitrogens is 1. The highest BCUT2D eigenvalue weighted by Crippen LogP contribution is 2.30. The van der Waals surface area contributed by atoms with Crippen LogP contribution >= 0.6 is 11.8 Å². The summed E-state index contributed by atoms with van der Waals surface area (Å²) >= 11 is 1.84. The molecular weight excluding hydrogens is 488 g/mol. The number of carbonyl (C=O) groups is 3. The van der Waals surface area contributed by atoms with Crippen molar-refractivity contribution in [1.29, 1.82) is 5.26 Å². The number of likely N-dealkylation sites (N-methyl/N-ethyl adjacent to an activating group) is 1. The van der Waals surface area contributed by atoms with Crippen LogP contribution in [0, 0.1) is 11.3 Å². The van der Waals surface area contributed by atoms with Gasteiger partial charge in [0.1, 0.15) is 17.6 Å². The number of rotatable bonds is 13. The van der Waals surface area contributed by atoms with Gasteiger partial charge in [-0.15, -0.1) is 0 Å². The number of nitriles is 1. The van der Waals surface area contributed by atoms with Gasteiger partial charge >= 0.3 is 0 Å². The molecule has 0 aliphatic carbocycles. The second kappa shape index (κ2) is 14.9. The highest BCUT2D eigenvalue weighted by Gasteiger charge is 2.20. The third kappa shape index (κ3) is 7.97. The van der Waals surface area contributed by atoms with Gasteiger partial charge in [0.25, 0.3) is 0 Å². The number of anilines is 1. The summed E-state index contributed by atoms with van der Waals surface area (Å²) in [6, 6.07) is 4.25. The number of aldehydes is 1. The Kier molecular flexibility index (Phi) is 11.3. The number of allylic oxidation sites excluding steroid dienone is 4. The lowest BCUT2D eigenvalue weighted by Gasteiger charge is -2.28. The zero-order valence-electron chi connectivity index (χ0n) is 21.1. The monoisotopic (exact) mass is 520 g/mol. The number of nitrogens with one attached hydrogen (secondary N) is 1. The summed E-state index contributed by atoms with van der Waals surface area (Å²) in [5.74, 6) is 2.60. The lowest BCUT2D eigenvalue weighted by Crippen LogP contribution is -2.30. The molecule has 2 aliphatic heterocycles. The van der Waals surface area contributed by atoms with Crippen molar-refractivity contribution >= 4 is 42.9 Å². The quantitative estimate of drug-likeness (QED) is 0.139. The molecule has 0 saturated heterocycles. The first-order valence-corrected chi connectivity index (χ1v) is 13.4. The molecule has 0 atom stereocenters. The van der Waals surface area contributed by atoms with Crippen molar-refractivity contribution in [2.24, 2.45) is 4.99 Å². The van der Waals surface area contributed by atoms with Crippen LogP contribution < -0.4 is 10.2 Å².